The highest BCUT2D eigenvalue weighted by Crippen LogP contribution is 2.12. The van der Waals surface area contributed by atoms with E-state index >= 15 is 0 Å². The summed E-state index contributed by atoms with van der Waals surface area (Å²) < 4.78 is 0. The van der Waals surface area contributed by atoms with E-state index in [0.717, 1.165) is 11.3 Å². The molecule has 0 fully saturated rings. The standard InChI is InChI=1S/C13H13N3O2/c17-16(18)13-6-3-4-11(8-13)9-14-10-12-5-1-2-7-15-12/h1-8,14H,9-10H2. The molecule has 1 aromatic carbocycles. The second-order valence-electron chi connectivity index (χ2n) is 3.85. The van der Waals surface area contributed by atoms with Crippen molar-refractivity contribution in [1.29, 1.82) is 0 Å². The minimum atomic E-state index is -0.387. The molecule has 0 aliphatic carbocycles. The first-order chi connectivity index (χ1) is 8.75. The lowest BCUT2D eigenvalue weighted by molar-refractivity contribution is -0.384. The Hall–Kier alpha value is -2.27. The van der Waals surface area contributed by atoms with Gasteiger partial charge in [0.1, 0.15) is 0 Å². The predicted octanol–water partition coefficient (Wildman–Crippen LogP) is 2.28. The summed E-state index contributed by atoms with van der Waals surface area (Å²) >= 11 is 0. The van der Waals surface area contributed by atoms with Crippen LogP contribution >= 0.6 is 0 Å². The van der Waals surface area contributed by atoms with Crippen LogP contribution in [-0.2, 0) is 13.1 Å². The average molecular weight is 243 g/mol. The highest BCUT2D eigenvalue weighted by atomic mass is 16.6. The van der Waals surface area contributed by atoms with Crippen molar-refractivity contribution >= 4 is 5.69 Å². The van der Waals surface area contributed by atoms with Gasteiger partial charge in [-0.3, -0.25) is 15.1 Å². The average Bonchev–Trinajstić information content (AvgIpc) is 2.40. The molecular weight excluding hydrogens is 230 g/mol. The fraction of sp³-hybridized carbons (Fsp3) is 0.154. The Labute approximate surface area is 105 Å². The fourth-order valence-corrected chi connectivity index (χ4v) is 1.62. The number of hydrogen-bond donors (Lipinski definition) is 1. The van der Waals surface area contributed by atoms with Crippen molar-refractivity contribution in [3.63, 3.8) is 0 Å². The van der Waals surface area contributed by atoms with Gasteiger partial charge in [-0.25, -0.2) is 0 Å². The van der Waals surface area contributed by atoms with Crippen molar-refractivity contribution in [3.8, 4) is 0 Å². The van der Waals surface area contributed by atoms with Gasteiger partial charge in [-0.1, -0.05) is 18.2 Å². The van der Waals surface area contributed by atoms with Crippen molar-refractivity contribution < 1.29 is 4.92 Å². The lowest BCUT2D eigenvalue weighted by Crippen LogP contribution is -2.13. The highest BCUT2D eigenvalue weighted by molar-refractivity contribution is 5.34. The monoisotopic (exact) mass is 243 g/mol. The van der Waals surface area contributed by atoms with Gasteiger partial charge in [0.2, 0.25) is 0 Å². The zero-order chi connectivity index (χ0) is 12.8. The fourth-order valence-electron chi connectivity index (χ4n) is 1.62. The molecule has 1 heterocycles. The molecule has 0 bridgehead atoms. The Bertz CT molecular complexity index is 529. The maximum atomic E-state index is 10.6. The lowest BCUT2D eigenvalue weighted by Gasteiger charge is -2.04. The molecule has 0 saturated heterocycles. The minimum Gasteiger partial charge on any atom is -0.307 e. The van der Waals surface area contributed by atoms with Gasteiger partial charge in [-0.05, 0) is 17.7 Å². The smallest absolute Gasteiger partial charge is 0.269 e. The molecule has 0 atom stereocenters. The number of nitro benzene ring substituents is 1. The van der Waals surface area contributed by atoms with E-state index < -0.39 is 0 Å². The quantitative estimate of drug-likeness (QED) is 0.646. The molecule has 0 radical (unpaired) electrons. The summed E-state index contributed by atoms with van der Waals surface area (Å²) in [6.45, 7) is 1.22. The second-order valence-corrected chi connectivity index (χ2v) is 3.85. The number of nitrogens with one attached hydrogen (secondary N) is 1. The van der Waals surface area contributed by atoms with Crippen LogP contribution in [0.4, 0.5) is 5.69 Å². The van der Waals surface area contributed by atoms with Gasteiger partial charge in [0.15, 0.2) is 0 Å². The van der Waals surface area contributed by atoms with E-state index in [1.807, 2.05) is 24.3 Å². The van der Waals surface area contributed by atoms with E-state index in [1.165, 1.54) is 6.07 Å². The van der Waals surface area contributed by atoms with Crippen LogP contribution in [0.5, 0.6) is 0 Å². The Morgan fingerprint density at radius 2 is 2.06 bits per heavy atom. The zero-order valence-electron chi connectivity index (χ0n) is 9.74. The second kappa shape index (κ2) is 5.88. The van der Waals surface area contributed by atoms with E-state index in [0.29, 0.717) is 13.1 Å². The maximum Gasteiger partial charge on any atom is 0.269 e. The van der Waals surface area contributed by atoms with Gasteiger partial charge in [-0.15, -0.1) is 0 Å². The summed E-state index contributed by atoms with van der Waals surface area (Å²) in [6.07, 6.45) is 1.74. The first-order valence-electron chi connectivity index (χ1n) is 5.59. The van der Waals surface area contributed by atoms with Crippen LogP contribution in [-0.4, -0.2) is 9.91 Å². The summed E-state index contributed by atoms with van der Waals surface area (Å²) in [5.41, 5.74) is 1.95. The van der Waals surface area contributed by atoms with E-state index in [2.05, 4.69) is 10.3 Å². The minimum absolute atomic E-state index is 0.118. The molecule has 0 amide bonds. The van der Waals surface area contributed by atoms with Crippen LogP contribution in [0.1, 0.15) is 11.3 Å². The van der Waals surface area contributed by atoms with Gasteiger partial charge >= 0.3 is 0 Å². The van der Waals surface area contributed by atoms with Gasteiger partial charge in [-0.2, -0.15) is 0 Å². The summed E-state index contributed by atoms with van der Waals surface area (Å²) in [4.78, 5) is 14.4. The van der Waals surface area contributed by atoms with Crippen molar-refractivity contribution in [2.45, 2.75) is 13.1 Å². The van der Waals surface area contributed by atoms with Crippen molar-refractivity contribution in [2.24, 2.45) is 0 Å². The molecule has 0 saturated carbocycles. The molecular formula is C13H13N3O2. The van der Waals surface area contributed by atoms with Gasteiger partial charge in [0.25, 0.3) is 5.69 Å². The molecule has 2 rings (SSSR count). The molecule has 18 heavy (non-hydrogen) atoms. The summed E-state index contributed by atoms with van der Waals surface area (Å²) in [6, 6.07) is 12.3. The molecule has 2 aromatic rings. The van der Waals surface area contributed by atoms with Gasteiger partial charge in [0.05, 0.1) is 10.6 Å². The van der Waals surface area contributed by atoms with Crippen LogP contribution in [0.25, 0.3) is 0 Å². The Balaban J connectivity index is 1.90. The number of hydrogen-bond acceptors (Lipinski definition) is 4. The number of aromatic nitrogens is 1. The normalized spacial score (nSPS) is 10.2. The maximum absolute atomic E-state index is 10.6. The Kier molecular flexibility index (Phi) is 3.98. The van der Waals surface area contributed by atoms with Gasteiger partial charge in [0, 0.05) is 31.4 Å². The third-order valence-electron chi connectivity index (χ3n) is 2.48. The summed E-state index contributed by atoms with van der Waals surface area (Å²) in [5.74, 6) is 0. The van der Waals surface area contributed by atoms with Gasteiger partial charge < -0.3 is 5.32 Å². The first kappa shape index (κ1) is 12.2. The van der Waals surface area contributed by atoms with Crippen LogP contribution in [0.15, 0.2) is 48.7 Å². The topological polar surface area (TPSA) is 68.1 Å². The summed E-state index contributed by atoms with van der Waals surface area (Å²) in [5, 5.41) is 13.8. The number of nitrogens with zero attached hydrogens (tertiary/aromatic N) is 2. The number of rotatable bonds is 5. The zero-order valence-corrected chi connectivity index (χ0v) is 9.74. The molecule has 0 aliphatic rings. The largest absolute Gasteiger partial charge is 0.307 e. The lowest BCUT2D eigenvalue weighted by atomic mass is 10.2. The number of non-ortho nitro benzene ring substituents is 1. The highest BCUT2D eigenvalue weighted by Gasteiger charge is 2.04. The number of nitro groups is 1. The van der Waals surface area contributed by atoms with Crippen LogP contribution in [0.3, 0.4) is 0 Å². The van der Waals surface area contributed by atoms with Crippen molar-refractivity contribution in [3.05, 3.63) is 70.0 Å². The Morgan fingerprint density at radius 3 is 2.78 bits per heavy atom. The molecule has 1 N–H and O–H groups in total. The molecule has 92 valence electrons. The van der Waals surface area contributed by atoms with E-state index in [1.54, 1.807) is 18.3 Å². The third-order valence-corrected chi connectivity index (χ3v) is 2.48. The number of pyridine rings is 1. The van der Waals surface area contributed by atoms with E-state index in [9.17, 15) is 10.1 Å². The van der Waals surface area contributed by atoms with Crippen molar-refractivity contribution in [1.82, 2.24) is 10.3 Å². The predicted molar refractivity (Wildman–Crippen MR) is 67.9 cm³/mol. The SMILES string of the molecule is O=[N+]([O-])c1cccc(CNCc2ccccn2)c1. The molecule has 0 aliphatic heterocycles. The van der Waals surface area contributed by atoms with Crippen LogP contribution in [0.2, 0.25) is 0 Å². The number of benzene rings is 1. The molecule has 5 heteroatoms. The third kappa shape index (κ3) is 3.36. The Morgan fingerprint density at radius 1 is 1.17 bits per heavy atom. The van der Waals surface area contributed by atoms with E-state index in [4.69, 9.17) is 0 Å². The van der Waals surface area contributed by atoms with Crippen LogP contribution in [0, 0.1) is 10.1 Å². The first-order valence-corrected chi connectivity index (χ1v) is 5.59. The molecule has 0 spiro atoms. The van der Waals surface area contributed by atoms with Crippen molar-refractivity contribution in [2.75, 3.05) is 0 Å². The molecule has 1 aromatic heterocycles. The summed E-state index contributed by atoms with van der Waals surface area (Å²) in [7, 11) is 0. The van der Waals surface area contributed by atoms with Crippen LogP contribution < -0.4 is 5.32 Å². The molecule has 5 nitrogen and oxygen atoms in total. The van der Waals surface area contributed by atoms with E-state index in [-0.39, 0.29) is 10.6 Å². The molecule has 0 unspecified atom stereocenters.